The Labute approximate surface area is 178 Å². The minimum atomic E-state index is -4.68. The number of nitro groups is 1. The van der Waals surface area contributed by atoms with Crippen molar-refractivity contribution in [3.63, 3.8) is 0 Å². The summed E-state index contributed by atoms with van der Waals surface area (Å²) in [6.07, 6.45) is -4.02. The largest absolute Gasteiger partial charge is 0.421 e. The number of nitrogens with zero attached hydrogens (tertiary/aromatic N) is 3. The van der Waals surface area contributed by atoms with Gasteiger partial charge in [-0.2, -0.15) is 18.2 Å². The molecule has 0 unspecified atom stereocenters. The second-order valence-electron chi connectivity index (χ2n) is 5.98. The quantitative estimate of drug-likeness (QED) is 0.344. The number of hydrogen-bond acceptors (Lipinski definition) is 6. The number of halogens is 5. The van der Waals surface area contributed by atoms with Gasteiger partial charge in [-0.3, -0.25) is 10.1 Å². The molecule has 0 saturated heterocycles. The summed E-state index contributed by atoms with van der Waals surface area (Å²) in [5.74, 6) is -0.536. The number of alkyl halides is 3. The van der Waals surface area contributed by atoms with Crippen molar-refractivity contribution in [2.24, 2.45) is 0 Å². The Hall–Kier alpha value is -3.11. The highest BCUT2D eigenvalue weighted by Crippen LogP contribution is 2.34. The van der Waals surface area contributed by atoms with Crippen molar-refractivity contribution in [3.8, 4) is 0 Å². The van der Waals surface area contributed by atoms with Crippen LogP contribution in [0.1, 0.15) is 11.1 Å². The van der Waals surface area contributed by atoms with Gasteiger partial charge in [-0.15, -0.1) is 0 Å². The van der Waals surface area contributed by atoms with Crippen molar-refractivity contribution in [2.75, 3.05) is 10.6 Å². The fraction of sp³-hybridized carbons (Fsp3) is 0.111. The van der Waals surface area contributed by atoms with Gasteiger partial charge in [0.25, 0.3) is 5.69 Å². The van der Waals surface area contributed by atoms with Crippen molar-refractivity contribution in [1.29, 1.82) is 0 Å². The summed E-state index contributed by atoms with van der Waals surface area (Å²) < 4.78 is 40.0. The third-order valence-electron chi connectivity index (χ3n) is 3.88. The molecule has 7 nitrogen and oxygen atoms in total. The zero-order chi connectivity index (χ0) is 21.9. The highest BCUT2D eigenvalue weighted by Gasteiger charge is 2.35. The van der Waals surface area contributed by atoms with Crippen molar-refractivity contribution in [1.82, 2.24) is 9.97 Å². The SMILES string of the molecule is O=[N+]([O-])c1ccc(CNc2nc(Nc3ccc(Cl)c(Cl)c3)ncc2C(F)(F)F)cc1. The summed E-state index contributed by atoms with van der Waals surface area (Å²) in [6.45, 7) is -0.0374. The Morgan fingerprint density at radius 3 is 2.37 bits per heavy atom. The summed E-state index contributed by atoms with van der Waals surface area (Å²) in [6, 6.07) is 9.97. The van der Waals surface area contributed by atoms with Gasteiger partial charge >= 0.3 is 6.18 Å². The number of aromatic nitrogens is 2. The molecule has 1 aromatic heterocycles. The van der Waals surface area contributed by atoms with E-state index in [2.05, 4.69) is 20.6 Å². The van der Waals surface area contributed by atoms with Crippen molar-refractivity contribution in [2.45, 2.75) is 12.7 Å². The first-order valence-corrected chi connectivity index (χ1v) is 9.02. The van der Waals surface area contributed by atoms with Gasteiger partial charge in [-0.25, -0.2) is 4.98 Å². The van der Waals surface area contributed by atoms with Crippen molar-refractivity contribution in [3.05, 3.63) is 79.9 Å². The molecule has 0 spiro atoms. The average Bonchev–Trinajstić information content (AvgIpc) is 2.69. The molecule has 3 aromatic rings. The van der Waals surface area contributed by atoms with Crippen LogP contribution < -0.4 is 10.6 Å². The van der Waals surface area contributed by atoms with Gasteiger partial charge in [0.05, 0.1) is 15.0 Å². The van der Waals surface area contributed by atoms with E-state index in [0.29, 0.717) is 22.5 Å². The number of nitro benzene ring substituents is 1. The molecular weight excluding hydrogens is 446 g/mol. The number of non-ortho nitro benzene ring substituents is 1. The summed E-state index contributed by atoms with van der Waals surface area (Å²) in [5, 5.41) is 16.6. The van der Waals surface area contributed by atoms with Crippen LogP contribution in [0.15, 0.2) is 48.7 Å². The summed E-state index contributed by atoms with van der Waals surface area (Å²) >= 11 is 11.8. The molecule has 2 aromatic carbocycles. The second kappa shape index (κ2) is 8.72. The predicted octanol–water partition coefficient (Wildman–Crippen LogP) is 6.07. The van der Waals surface area contributed by atoms with Crippen molar-refractivity contribution >= 4 is 46.3 Å². The molecule has 2 N–H and O–H groups in total. The van der Waals surface area contributed by atoms with Crippen LogP contribution in [0.5, 0.6) is 0 Å². The molecule has 30 heavy (non-hydrogen) atoms. The first kappa shape index (κ1) is 21.6. The third-order valence-corrected chi connectivity index (χ3v) is 4.62. The van der Waals surface area contributed by atoms with Gasteiger partial charge in [0.15, 0.2) is 0 Å². The van der Waals surface area contributed by atoms with E-state index < -0.39 is 22.5 Å². The Balaban J connectivity index is 1.83. The molecule has 3 rings (SSSR count). The van der Waals surface area contributed by atoms with Crippen LogP contribution in [-0.2, 0) is 12.7 Å². The lowest BCUT2D eigenvalue weighted by Gasteiger charge is -2.15. The zero-order valence-corrected chi connectivity index (χ0v) is 16.4. The Kier molecular flexibility index (Phi) is 6.28. The molecule has 0 aliphatic heterocycles. The molecule has 0 atom stereocenters. The summed E-state index contributed by atoms with van der Waals surface area (Å²) in [4.78, 5) is 17.7. The Morgan fingerprint density at radius 1 is 1.07 bits per heavy atom. The van der Waals surface area contributed by atoms with E-state index in [0.717, 1.165) is 0 Å². The lowest BCUT2D eigenvalue weighted by molar-refractivity contribution is -0.384. The number of benzene rings is 2. The highest BCUT2D eigenvalue weighted by molar-refractivity contribution is 6.42. The van der Waals surface area contributed by atoms with Crippen LogP contribution in [0.3, 0.4) is 0 Å². The minimum absolute atomic E-state index is 0.0374. The molecule has 0 saturated carbocycles. The van der Waals surface area contributed by atoms with E-state index in [-0.39, 0.29) is 23.2 Å². The maximum absolute atomic E-state index is 13.3. The van der Waals surface area contributed by atoms with E-state index in [9.17, 15) is 23.3 Å². The molecule has 1 heterocycles. The molecule has 0 aliphatic carbocycles. The number of nitrogens with one attached hydrogen (secondary N) is 2. The van der Waals surface area contributed by atoms with Gasteiger partial charge in [-0.05, 0) is 23.8 Å². The Morgan fingerprint density at radius 2 is 1.77 bits per heavy atom. The van der Waals surface area contributed by atoms with Crippen LogP contribution >= 0.6 is 23.2 Å². The van der Waals surface area contributed by atoms with Gasteiger partial charge in [0.1, 0.15) is 11.4 Å². The average molecular weight is 458 g/mol. The number of rotatable bonds is 6. The maximum atomic E-state index is 13.3. The summed E-state index contributed by atoms with van der Waals surface area (Å²) in [5.41, 5.74) is -0.203. The second-order valence-corrected chi connectivity index (χ2v) is 6.80. The van der Waals surface area contributed by atoms with E-state index >= 15 is 0 Å². The van der Waals surface area contributed by atoms with Crippen molar-refractivity contribution < 1.29 is 18.1 Å². The van der Waals surface area contributed by atoms with Crippen LogP contribution in [0.2, 0.25) is 10.0 Å². The molecule has 12 heteroatoms. The van der Waals surface area contributed by atoms with Gasteiger partial charge in [-0.1, -0.05) is 35.3 Å². The molecule has 0 fully saturated rings. The minimum Gasteiger partial charge on any atom is -0.365 e. The van der Waals surface area contributed by atoms with Gasteiger partial charge in [0, 0.05) is 30.6 Å². The molecule has 156 valence electrons. The Bertz CT molecular complexity index is 1080. The maximum Gasteiger partial charge on any atom is 0.421 e. The first-order valence-electron chi connectivity index (χ1n) is 8.27. The van der Waals surface area contributed by atoms with E-state index in [1.807, 2.05) is 0 Å². The van der Waals surface area contributed by atoms with E-state index in [4.69, 9.17) is 23.2 Å². The van der Waals surface area contributed by atoms with Crippen LogP contribution in [0.25, 0.3) is 0 Å². The molecule has 0 aliphatic rings. The van der Waals surface area contributed by atoms with Crippen LogP contribution in [-0.4, -0.2) is 14.9 Å². The smallest absolute Gasteiger partial charge is 0.365 e. The standard InChI is InChI=1S/C18H12Cl2F3N5O2/c19-14-6-3-11(7-15(14)20)26-17-25-9-13(18(21,22)23)16(27-17)24-8-10-1-4-12(5-2-10)28(29)30/h1-7,9H,8H2,(H2,24,25,26,27). The normalized spacial score (nSPS) is 11.2. The molecule has 0 bridgehead atoms. The van der Waals surface area contributed by atoms with Gasteiger partial charge in [0.2, 0.25) is 5.95 Å². The fourth-order valence-corrected chi connectivity index (χ4v) is 2.71. The lowest BCUT2D eigenvalue weighted by Crippen LogP contribution is -2.14. The lowest BCUT2D eigenvalue weighted by atomic mass is 10.2. The molecule has 0 radical (unpaired) electrons. The third kappa shape index (κ3) is 5.28. The predicted molar refractivity (Wildman–Crippen MR) is 107 cm³/mol. The van der Waals surface area contributed by atoms with E-state index in [1.54, 1.807) is 6.07 Å². The van der Waals surface area contributed by atoms with E-state index in [1.165, 1.54) is 36.4 Å². The fourth-order valence-electron chi connectivity index (χ4n) is 2.41. The van der Waals surface area contributed by atoms with Crippen LogP contribution in [0, 0.1) is 10.1 Å². The van der Waals surface area contributed by atoms with Crippen LogP contribution in [0.4, 0.5) is 36.3 Å². The summed E-state index contributed by atoms with van der Waals surface area (Å²) in [7, 11) is 0. The van der Waals surface area contributed by atoms with Gasteiger partial charge < -0.3 is 10.6 Å². The number of anilines is 3. The molecular formula is C18H12Cl2F3N5O2. The highest BCUT2D eigenvalue weighted by atomic mass is 35.5. The zero-order valence-electron chi connectivity index (χ0n) is 14.9. The topological polar surface area (TPSA) is 93.0 Å². The number of hydrogen-bond donors (Lipinski definition) is 2. The first-order chi connectivity index (χ1) is 14.1. The monoisotopic (exact) mass is 457 g/mol. The molecule has 0 amide bonds.